The summed E-state index contributed by atoms with van der Waals surface area (Å²) >= 11 is 0. The number of benzene rings is 2. The molecule has 3 unspecified atom stereocenters. The Morgan fingerprint density at radius 1 is 0.885 bits per heavy atom. The highest BCUT2D eigenvalue weighted by Crippen LogP contribution is 2.47. The molecule has 0 fully saturated rings. The van der Waals surface area contributed by atoms with Gasteiger partial charge in [-0.3, -0.25) is 4.79 Å². The Labute approximate surface area is 153 Å². The second-order valence-corrected chi connectivity index (χ2v) is 6.72. The standard InChI is InChI=1S/C21H24O5/c1-11-12(2)21(23)15-10-18(25-4)16(22)9-14(15)20(11)13-6-7-17(24-3)19(8-13)26-5/h6-12,20,22H,1-5H3. The highest BCUT2D eigenvalue weighted by Gasteiger charge is 2.39. The second kappa shape index (κ2) is 6.90. The summed E-state index contributed by atoms with van der Waals surface area (Å²) in [5.41, 5.74) is 2.43. The molecule has 0 aromatic heterocycles. The summed E-state index contributed by atoms with van der Waals surface area (Å²) in [6, 6.07) is 9.08. The number of phenolic OH excluding ortho intramolecular Hbond substituents is 1. The van der Waals surface area contributed by atoms with Crippen LogP contribution in [0.15, 0.2) is 30.3 Å². The lowest BCUT2D eigenvalue weighted by Gasteiger charge is -2.36. The largest absolute Gasteiger partial charge is 0.504 e. The third-order valence-electron chi connectivity index (χ3n) is 5.45. The van der Waals surface area contributed by atoms with Crippen LogP contribution in [-0.2, 0) is 0 Å². The van der Waals surface area contributed by atoms with E-state index in [1.807, 2.05) is 25.1 Å². The maximum Gasteiger partial charge on any atom is 0.166 e. The molecular weight excluding hydrogens is 332 g/mol. The van der Waals surface area contributed by atoms with Crippen LogP contribution in [0.25, 0.3) is 0 Å². The predicted molar refractivity (Wildman–Crippen MR) is 98.7 cm³/mol. The van der Waals surface area contributed by atoms with E-state index in [-0.39, 0.29) is 29.3 Å². The minimum atomic E-state index is -0.144. The van der Waals surface area contributed by atoms with Crippen molar-refractivity contribution in [1.29, 1.82) is 0 Å². The predicted octanol–water partition coefficient (Wildman–Crippen LogP) is 4.02. The number of hydrogen-bond acceptors (Lipinski definition) is 5. The first-order chi connectivity index (χ1) is 12.4. The van der Waals surface area contributed by atoms with E-state index in [4.69, 9.17) is 14.2 Å². The number of ketones is 1. The van der Waals surface area contributed by atoms with Gasteiger partial charge in [-0.25, -0.2) is 0 Å². The molecule has 138 valence electrons. The molecule has 5 nitrogen and oxygen atoms in total. The molecule has 1 aliphatic rings. The van der Waals surface area contributed by atoms with Gasteiger partial charge < -0.3 is 19.3 Å². The van der Waals surface area contributed by atoms with Gasteiger partial charge in [-0.05, 0) is 41.3 Å². The highest BCUT2D eigenvalue weighted by molar-refractivity contribution is 6.01. The van der Waals surface area contributed by atoms with E-state index in [9.17, 15) is 9.90 Å². The van der Waals surface area contributed by atoms with Crippen molar-refractivity contribution in [1.82, 2.24) is 0 Å². The summed E-state index contributed by atoms with van der Waals surface area (Å²) in [5.74, 6) is 1.59. The molecule has 0 radical (unpaired) electrons. The van der Waals surface area contributed by atoms with Crippen LogP contribution in [0.3, 0.4) is 0 Å². The quantitative estimate of drug-likeness (QED) is 0.896. The second-order valence-electron chi connectivity index (χ2n) is 6.72. The molecule has 0 saturated heterocycles. The highest BCUT2D eigenvalue weighted by atomic mass is 16.5. The van der Waals surface area contributed by atoms with Gasteiger partial charge in [0.25, 0.3) is 0 Å². The summed E-state index contributed by atoms with van der Waals surface area (Å²) < 4.78 is 16.0. The fraction of sp³-hybridized carbons (Fsp3) is 0.381. The number of Topliss-reactive ketones (excluding diaryl/α,β-unsaturated/α-hetero) is 1. The van der Waals surface area contributed by atoms with Gasteiger partial charge in [-0.2, -0.15) is 0 Å². The first kappa shape index (κ1) is 18.1. The number of ether oxygens (including phenoxy) is 3. The maximum atomic E-state index is 12.8. The van der Waals surface area contributed by atoms with Gasteiger partial charge in [0.15, 0.2) is 28.8 Å². The van der Waals surface area contributed by atoms with E-state index in [0.717, 1.165) is 11.1 Å². The third-order valence-corrected chi connectivity index (χ3v) is 5.45. The molecule has 0 saturated carbocycles. The Hall–Kier alpha value is -2.69. The lowest BCUT2D eigenvalue weighted by molar-refractivity contribution is 0.0865. The van der Waals surface area contributed by atoms with Gasteiger partial charge in [0.05, 0.1) is 21.3 Å². The molecule has 0 amide bonds. The lowest BCUT2D eigenvalue weighted by Crippen LogP contribution is -2.32. The van der Waals surface area contributed by atoms with E-state index in [0.29, 0.717) is 22.8 Å². The number of fused-ring (bicyclic) bond motifs is 1. The Kier molecular flexibility index (Phi) is 4.81. The molecule has 3 atom stereocenters. The molecular formula is C21H24O5. The normalized spacial score (nSPS) is 21.9. The molecule has 0 bridgehead atoms. The molecule has 0 heterocycles. The van der Waals surface area contributed by atoms with E-state index in [2.05, 4.69) is 6.92 Å². The zero-order valence-electron chi connectivity index (χ0n) is 15.7. The molecule has 0 spiro atoms. The minimum absolute atomic E-state index is 0.0336. The lowest BCUT2D eigenvalue weighted by atomic mass is 9.67. The van der Waals surface area contributed by atoms with Gasteiger partial charge in [0, 0.05) is 17.4 Å². The topological polar surface area (TPSA) is 65.0 Å². The number of carbonyl (C=O) groups excluding carboxylic acids is 1. The van der Waals surface area contributed by atoms with Gasteiger partial charge in [-0.15, -0.1) is 0 Å². The Bertz CT molecular complexity index is 843. The number of methoxy groups -OCH3 is 3. The van der Waals surface area contributed by atoms with Crippen LogP contribution in [0.1, 0.15) is 41.3 Å². The van der Waals surface area contributed by atoms with Crippen LogP contribution in [-0.4, -0.2) is 32.2 Å². The number of carbonyl (C=O) groups is 1. The molecule has 1 N–H and O–H groups in total. The fourth-order valence-corrected chi connectivity index (χ4v) is 3.80. The Morgan fingerprint density at radius 2 is 1.54 bits per heavy atom. The van der Waals surface area contributed by atoms with Crippen LogP contribution >= 0.6 is 0 Å². The molecule has 0 aliphatic heterocycles. The summed E-state index contributed by atoms with van der Waals surface area (Å²) in [6.07, 6.45) is 0. The Balaban J connectivity index is 2.20. The van der Waals surface area contributed by atoms with Crippen molar-refractivity contribution in [2.24, 2.45) is 11.8 Å². The van der Waals surface area contributed by atoms with Crippen molar-refractivity contribution in [3.8, 4) is 23.0 Å². The van der Waals surface area contributed by atoms with Crippen LogP contribution in [0.2, 0.25) is 0 Å². The van der Waals surface area contributed by atoms with E-state index in [1.165, 1.54) is 7.11 Å². The number of rotatable bonds is 4. The molecule has 2 aromatic carbocycles. The monoisotopic (exact) mass is 356 g/mol. The van der Waals surface area contributed by atoms with E-state index < -0.39 is 0 Å². The number of hydrogen-bond donors (Lipinski definition) is 1. The molecule has 2 aromatic rings. The van der Waals surface area contributed by atoms with Gasteiger partial charge in [0.1, 0.15) is 0 Å². The van der Waals surface area contributed by atoms with Crippen LogP contribution < -0.4 is 14.2 Å². The van der Waals surface area contributed by atoms with Crippen molar-refractivity contribution in [2.45, 2.75) is 19.8 Å². The maximum absolute atomic E-state index is 12.8. The minimum Gasteiger partial charge on any atom is -0.504 e. The third kappa shape index (κ3) is 2.77. The van der Waals surface area contributed by atoms with Crippen molar-refractivity contribution in [2.75, 3.05) is 21.3 Å². The van der Waals surface area contributed by atoms with Crippen molar-refractivity contribution in [3.05, 3.63) is 47.0 Å². The average molecular weight is 356 g/mol. The van der Waals surface area contributed by atoms with Crippen molar-refractivity contribution >= 4 is 5.78 Å². The fourth-order valence-electron chi connectivity index (χ4n) is 3.80. The van der Waals surface area contributed by atoms with Crippen LogP contribution in [0.4, 0.5) is 0 Å². The Morgan fingerprint density at radius 3 is 2.15 bits per heavy atom. The number of phenols is 1. The zero-order chi connectivity index (χ0) is 19.0. The van der Waals surface area contributed by atoms with E-state index >= 15 is 0 Å². The van der Waals surface area contributed by atoms with Crippen LogP contribution in [0.5, 0.6) is 23.0 Å². The average Bonchev–Trinajstić information content (AvgIpc) is 2.66. The van der Waals surface area contributed by atoms with Crippen LogP contribution in [0, 0.1) is 11.8 Å². The summed E-state index contributed by atoms with van der Waals surface area (Å²) in [7, 11) is 4.68. The van der Waals surface area contributed by atoms with Crippen molar-refractivity contribution < 1.29 is 24.1 Å². The molecule has 26 heavy (non-hydrogen) atoms. The summed E-state index contributed by atoms with van der Waals surface area (Å²) in [5, 5.41) is 10.3. The zero-order valence-corrected chi connectivity index (χ0v) is 15.7. The summed E-state index contributed by atoms with van der Waals surface area (Å²) in [6.45, 7) is 4.01. The van der Waals surface area contributed by atoms with Gasteiger partial charge in [-0.1, -0.05) is 19.9 Å². The van der Waals surface area contributed by atoms with Crippen molar-refractivity contribution in [3.63, 3.8) is 0 Å². The SMILES string of the molecule is COc1cc2c(cc1O)C(c1ccc(OC)c(OC)c1)C(C)C(C)C2=O. The van der Waals surface area contributed by atoms with Gasteiger partial charge >= 0.3 is 0 Å². The van der Waals surface area contributed by atoms with E-state index in [1.54, 1.807) is 26.4 Å². The first-order valence-electron chi connectivity index (χ1n) is 8.59. The first-order valence-corrected chi connectivity index (χ1v) is 8.59. The molecule has 5 heteroatoms. The molecule has 1 aliphatic carbocycles. The smallest absolute Gasteiger partial charge is 0.166 e. The molecule has 3 rings (SSSR count). The summed E-state index contributed by atoms with van der Waals surface area (Å²) in [4.78, 5) is 12.8. The number of aromatic hydroxyl groups is 1. The van der Waals surface area contributed by atoms with Gasteiger partial charge in [0.2, 0.25) is 0 Å².